The van der Waals surface area contributed by atoms with Crippen LogP contribution in [-0.4, -0.2) is 25.7 Å². The second-order valence-corrected chi connectivity index (χ2v) is 10.4. The number of fused-ring (bicyclic) bond motifs is 1. The molecule has 1 unspecified atom stereocenters. The quantitative estimate of drug-likeness (QED) is 0.801. The SMILES string of the molecule is CC(C)(C)OC(=O)NS(=O)(=O)c1ccc2c(c1)CC(c1ccccc1)C(C)(C)O2. The monoisotopic (exact) mass is 417 g/mol. The molecule has 2 aromatic rings. The van der Waals surface area contributed by atoms with Gasteiger partial charge in [0.25, 0.3) is 10.0 Å². The molecule has 1 N–H and O–H groups in total. The van der Waals surface area contributed by atoms with Crippen molar-refractivity contribution in [1.29, 1.82) is 0 Å². The van der Waals surface area contributed by atoms with Crippen molar-refractivity contribution in [3.63, 3.8) is 0 Å². The second-order valence-electron chi connectivity index (χ2n) is 8.75. The van der Waals surface area contributed by atoms with Crippen LogP contribution >= 0.6 is 0 Å². The zero-order chi connectivity index (χ0) is 21.4. The van der Waals surface area contributed by atoms with Crippen LogP contribution in [0.15, 0.2) is 53.4 Å². The topological polar surface area (TPSA) is 81.7 Å². The number of hydrogen-bond donors (Lipinski definition) is 1. The van der Waals surface area contributed by atoms with E-state index in [1.54, 1.807) is 32.9 Å². The van der Waals surface area contributed by atoms with Crippen molar-refractivity contribution >= 4 is 16.1 Å². The predicted octanol–water partition coefficient (Wildman–Crippen LogP) is 4.40. The molecule has 156 valence electrons. The molecule has 2 aromatic carbocycles. The number of hydrogen-bond acceptors (Lipinski definition) is 5. The Hall–Kier alpha value is -2.54. The molecule has 3 rings (SSSR count). The van der Waals surface area contributed by atoms with Gasteiger partial charge in [-0.25, -0.2) is 17.9 Å². The van der Waals surface area contributed by atoms with Gasteiger partial charge >= 0.3 is 6.09 Å². The predicted molar refractivity (Wildman–Crippen MR) is 111 cm³/mol. The van der Waals surface area contributed by atoms with E-state index in [1.165, 1.54) is 6.07 Å². The van der Waals surface area contributed by atoms with Crippen molar-refractivity contribution in [2.45, 2.75) is 63.1 Å². The third-order valence-electron chi connectivity index (χ3n) is 4.80. The van der Waals surface area contributed by atoms with Crippen LogP contribution in [0.4, 0.5) is 4.79 Å². The summed E-state index contributed by atoms with van der Waals surface area (Å²) >= 11 is 0. The first-order valence-corrected chi connectivity index (χ1v) is 11.0. The molecule has 0 radical (unpaired) electrons. The van der Waals surface area contributed by atoms with Crippen LogP contribution in [0.2, 0.25) is 0 Å². The van der Waals surface area contributed by atoms with Crippen molar-refractivity contribution < 1.29 is 22.7 Å². The highest BCUT2D eigenvalue weighted by Crippen LogP contribution is 2.42. The first-order valence-electron chi connectivity index (χ1n) is 9.50. The minimum absolute atomic E-state index is 0.00257. The van der Waals surface area contributed by atoms with Crippen molar-refractivity contribution in [1.82, 2.24) is 4.72 Å². The largest absolute Gasteiger partial charge is 0.487 e. The summed E-state index contributed by atoms with van der Waals surface area (Å²) in [5.74, 6) is 0.714. The van der Waals surface area contributed by atoms with E-state index < -0.39 is 27.3 Å². The van der Waals surface area contributed by atoms with E-state index >= 15 is 0 Å². The molecular weight excluding hydrogens is 390 g/mol. The fourth-order valence-electron chi connectivity index (χ4n) is 3.47. The molecule has 7 heteroatoms. The molecule has 1 amide bonds. The number of amides is 1. The number of benzene rings is 2. The zero-order valence-electron chi connectivity index (χ0n) is 17.4. The molecule has 1 aliphatic heterocycles. The number of ether oxygens (including phenoxy) is 2. The van der Waals surface area contributed by atoms with E-state index in [0.717, 1.165) is 11.1 Å². The molecule has 0 bridgehead atoms. The molecule has 1 atom stereocenters. The Bertz CT molecular complexity index is 1010. The Balaban J connectivity index is 1.89. The van der Waals surface area contributed by atoms with Gasteiger partial charge in [0.2, 0.25) is 0 Å². The standard InChI is InChI=1S/C22H27NO5S/c1-21(2,3)28-20(24)23-29(25,26)17-11-12-19-16(13-17)14-18(22(4,5)27-19)15-9-7-6-8-10-15/h6-13,18H,14H2,1-5H3,(H,23,24). The molecule has 0 spiro atoms. The lowest BCUT2D eigenvalue weighted by molar-refractivity contribution is 0.0570. The maximum Gasteiger partial charge on any atom is 0.421 e. The average molecular weight is 418 g/mol. The van der Waals surface area contributed by atoms with Gasteiger partial charge in [-0.2, -0.15) is 0 Å². The van der Waals surface area contributed by atoms with Gasteiger partial charge in [0.1, 0.15) is 17.0 Å². The summed E-state index contributed by atoms with van der Waals surface area (Å²) in [5.41, 5.74) is 0.676. The average Bonchev–Trinajstić information content (AvgIpc) is 2.58. The molecule has 29 heavy (non-hydrogen) atoms. The molecule has 0 aliphatic carbocycles. The first-order chi connectivity index (χ1) is 13.4. The Kier molecular flexibility index (Phi) is 5.38. The second kappa shape index (κ2) is 7.37. The Morgan fingerprint density at radius 2 is 1.79 bits per heavy atom. The van der Waals surface area contributed by atoms with Crippen LogP contribution in [0.25, 0.3) is 0 Å². The van der Waals surface area contributed by atoms with Crippen LogP contribution < -0.4 is 9.46 Å². The van der Waals surface area contributed by atoms with E-state index in [-0.39, 0.29) is 10.8 Å². The lowest BCUT2D eigenvalue weighted by Gasteiger charge is -2.40. The molecule has 0 fully saturated rings. The molecule has 0 aromatic heterocycles. The van der Waals surface area contributed by atoms with Gasteiger partial charge in [0.05, 0.1) is 4.90 Å². The summed E-state index contributed by atoms with van der Waals surface area (Å²) in [7, 11) is -4.06. The van der Waals surface area contributed by atoms with E-state index in [0.29, 0.717) is 12.2 Å². The van der Waals surface area contributed by atoms with Gasteiger partial charge in [-0.3, -0.25) is 0 Å². The third-order valence-corrected chi connectivity index (χ3v) is 6.11. The van der Waals surface area contributed by atoms with Crippen LogP contribution in [-0.2, 0) is 21.2 Å². The van der Waals surface area contributed by atoms with E-state index in [9.17, 15) is 13.2 Å². The van der Waals surface area contributed by atoms with Crippen molar-refractivity contribution in [2.75, 3.05) is 0 Å². The minimum Gasteiger partial charge on any atom is -0.487 e. The maximum atomic E-state index is 12.6. The highest BCUT2D eigenvalue weighted by atomic mass is 32.2. The molecule has 0 saturated heterocycles. The van der Waals surface area contributed by atoms with Crippen LogP contribution in [0, 0.1) is 0 Å². The fraction of sp³-hybridized carbons (Fsp3) is 0.409. The Morgan fingerprint density at radius 1 is 1.14 bits per heavy atom. The van der Waals surface area contributed by atoms with Gasteiger partial charge in [-0.1, -0.05) is 30.3 Å². The lowest BCUT2D eigenvalue weighted by atomic mass is 9.78. The fourth-order valence-corrected chi connectivity index (χ4v) is 4.40. The molecule has 1 heterocycles. The summed E-state index contributed by atoms with van der Waals surface area (Å²) < 4.78 is 38.5. The molecular formula is C22H27NO5S. The van der Waals surface area contributed by atoms with Crippen molar-refractivity contribution in [2.24, 2.45) is 0 Å². The van der Waals surface area contributed by atoms with E-state index in [1.807, 2.05) is 48.9 Å². The number of rotatable bonds is 3. The number of carbonyl (C=O) groups excluding carboxylic acids is 1. The summed E-state index contributed by atoms with van der Waals surface area (Å²) in [5, 5.41) is 0. The van der Waals surface area contributed by atoms with Gasteiger partial charge in [0.15, 0.2) is 0 Å². The highest BCUT2D eigenvalue weighted by Gasteiger charge is 2.38. The van der Waals surface area contributed by atoms with Gasteiger partial charge in [0, 0.05) is 5.92 Å². The Morgan fingerprint density at radius 3 is 2.41 bits per heavy atom. The van der Waals surface area contributed by atoms with Gasteiger partial charge in [-0.15, -0.1) is 0 Å². The zero-order valence-corrected chi connectivity index (χ0v) is 18.2. The van der Waals surface area contributed by atoms with Crippen LogP contribution in [0.5, 0.6) is 5.75 Å². The minimum atomic E-state index is -4.06. The van der Waals surface area contributed by atoms with Crippen molar-refractivity contribution in [3.8, 4) is 5.75 Å². The van der Waals surface area contributed by atoms with Gasteiger partial charge < -0.3 is 9.47 Å². The first kappa shape index (κ1) is 21.2. The molecule has 1 aliphatic rings. The van der Waals surface area contributed by atoms with Gasteiger partial charge in [-0.05, 0) is 70.4 Å². The summed E-state index contributed by atoms with van der Waals surface area (Å²) in [6.07, 6.45) is -0.378. The van der Waals surface area contributed by atoms with E-state index in [4.69, 9.17) is 9.47 Å². The van der Waals surface area contributed by atoms with E-state index in [2.05, 4.69) is 0 Å². The maximum absolute atomic E-state index is 12.6. The molecule has 6 nitrogen and oxygen atoms in total. The smallest absolute Gasteiger partial charge is 0.421 e. The summed E-state index contributed by atoms with van der Waals surface area (Å²) in [6.45, 7) is 9.06. The number of carbonyl (C=O) groups is 1. The highest BCUT2D eigenvalue weighted by molar-refractivity contribution is 7.90. The number of nitrogens with one attached hydrogen (secondary N) is 1. The Labute approximate surface area is 172 Å². The number of sulfonamides is 1. The normalized spacial score (nSPS) is 18.3. The van der Waals surface area contributed by atoms with Crippen LogP contribution in [0.1, 0.15) is 51.7 Å². The third kappa shape index (κ3) is 4.90. The lowest BCUT2D eigenvalue weighted by Crippen LogP contribution is -2.40. The molecule has 0 saturated carbocycles. The van der Waals surface area contributed by atoms with Crippen molar-refractivity contribution in [3.05, 3.63) is 59.7 Å². The van der Waals surface area contributed by atoms with Crippen LogP contribution in [0.3, 0.4) is 0 Å². The summed E-state index contributed by atoms with van der Waals surface area (Å²) in [6, 6.07) is 14.6. The summed E-state index contributed by atoms with van der Waals surface area (Å²) in [4.78, 5) is 11.9.